The lowest BCUT2D eigenvalue weighted by Gasteiger charge is -2.19. The molecule has 1 aromatic heterocycles. The average molecular weight is 271 g/mol. The largest absolute Gasteiger partial charge is 0.467 e. The molecule has 0 saturated heterocycles. The Kier molecular flexibility index (Phi) is 5.09. The molecule has 0 aliphatic carbocycles. The molecule has 1 atom stereocenters. The second-order valence-corrected chi connectivity index (χ2v) is 4.51. The van der Waals surface area contributed by atoms with Crippen LogP contribution < -0.4 is 5.32 Å². The van der Waals surface area contributed by atoms with Gasteiger partial charge in [-0.2, -0.15) is 0 Å². The molecule has 1 amide bonds. The molecule has 0 aliphatic heterocycles. The summed E-state index contributed by atoms with van der Waals surface area (Å²) in [5.41, 5.74) is 0.164. The van der Waals surface area contributed by atoms with Gasteiger partial charge in [0.25, 0.3) is 5.91 Å². The lowest BCUT2D eigenvalue weighted by atomic mass is 10.0. The molecule has 0 fully saturated rings. The zero-order chi connectivity index (χ0) is 13.7. The number of aromatic nitrogens is 1. The highest BCUT2D eigenvalue weighted by Gasteiger charge is 2.25. The molecule has 18 heavy (non-hydrogen) atoms. The molecular formula is C12H15ClN2O3. The minimum atomic E-state index is -0.705. The topological polar surface area (TPSA) is 68.3 Å². The van der Waals surface area contributed by atoms with Gasteiger partial charge in [-0.25, -0.2) is 4.79 Å². The maximum Gasteiger partial charge on any atom is 0.328 e. The van der Waals surface area contributed by atoms with Crippen LogP contribution in [0.3, 0.4) is 0 Å². The van der Waals surface area contributed by atoms with Crippen molar-refractivity contribution in [2.75, 3.05) is 7.11 Å². The normalized spacial score (nSPS) is 12.1. The second kappa shape index (κ2) is 6.35. The Morgan fingerprint density at radius 1 is 1.44 bits per heavy atom. The smallest absolute Gasteiger partial charge is 0.328 e. The molecule has 98 valence electrons. The van der Waals surface area contributed by atoms with Crippen molar-refractivity contribution in [2.24, 2.45) is 5.92 Å². The fourth-order valence-electron chi connectivity index (χ4n) is 1.37. The molecule has 0 unspecified atom stereocenters. The van der Waals surface area contributed by atoms with Crippen LogP contribution in [-0.4, -0.2) is 30.0 Å². The Morgan fingerprint density at radius 3 is 2.61 bits per heavy atom. The Bertz CT molecular complexity index is 449. The first-order chi connectivity index (χ1) is 8.45. The third-order valence-electron chi connectivity index (χ3n) is 2.36. The highest BCUT2D eigenvalue weighted by Crippen LogP contribution is 2.09. The Balaban J connectivity index is 2.82. The summed E-state index contributed by atoms with van der Waals surface area (Å²) in [6, 6.07) is 2.30. The van der Waals surface area contributed by atoms with Crippen LogP contribution in [0.25, 0.3) is 0 Å². The highest BCUT2D eigenvalue weighted by molar-refractivity contribution is 6.30. The van der Waals surface area contributed by atoms with Gasteiger partial charge in [0, 0.05) is 11.2 Å². The van der Waals surface area contributed by atoms with Crippen molar-refractivity contribution in [1.29, 1.82) is 0 Å². The van der Waals surface area contributed by atoms with Gasteiger partial charge in [-0.1, -0.05) is 25.4 Å². The van der Waals surface area contributed by atoms with Crippen LogP contribution in [0.15, 0.2) is 18.3 Å². The number of pyridine rings is 1. The van der Waals surface area contributed by atoms with Gasteiger partial charge in [0.1, 0.15) is 11.7 Å². The van der Waals surface area contributed by atoms with E-state index in [1.807, 2.05) is 13.8 Å². The zero-order valence-corrected chi connectivity index (χ0v) is 11.2. The van der Waals surface area contributed by atoms with Gasteiger partial charge in [-0.3, -0.25) is 9.78 Å². The number of rotatable bonds is 4. The van der Waals surface area contributed by atoms with Crippen LogP contribution in [0.2, 0.25) is 5.02 Å². The number of methoxy groups -OCH3 is 1. The molecule has 1 heterocycles. The van der Waals surface area contributed by atoms with Crippen molar-refractivity contribution >= 4 is 23.5 Å². The van der Waals surface area contributed by atoms with Gasteiger partial charge < -0.3 is 10.1 Å². The molecular weight excluding hydrogens is 256 g/mol. The fraction of sp³-hybridized carbons (Fsp3) is 0.417. The predicted molar refractivity (Wildman–Crippen MR) is 67.4 cm³/mol. The molecule has 0 radical (unpaired) electrons. The number of carbonyl (C=O) groups excluding carboxylic acids is 2. The fourth-order valence-corrected chi connectivity index (χ4v) is 1.53. The second-order valence-electron chi connectivity index (χ2n) is 4.08. The number of hydrogen-bond acceptors (Lipinski definition) is 4. The molecule has 5 nitrogen and oxygen atoms in total. The highest BCUT2D eigenvalue weighted by atomic mass is 35.5. The first-order valence-corrected chi connectivity index (χ1v) is 5.83. The Labute approximate surface area is 110 Å². The predicted octanol–water partition coefficient (Wildman–Crippen LogP) is 1.66. The van der Waals surface area contributed by atoms with Crippen molar-refractivity contribution in [2.45, 2.75) is 19.9 Å². The molecule has 6 heteroatoms. The number of nitrogens with one attached hydrogen (secondary N) is 1. The summed E-state index contributed by atoms with van der Waals surface area (Å²) in [5.74, 6) is -1.03. The summed E-state index contributed by atoms with van der Waals surface area (Å²) in [6.07, 6.45) is 1.43. The van der Waals surface area contributed by atoms with Crippen LogP contribution in [-0.2, 0) is 9.53 Å². The van der Waals surface area contributed by atoms with Crippen molar-refractivity contribution in [3.63, 3.8) is 0 Å². The molecule has 0 aromatic carbocycles. The summed E-state index contributed by atoms with van der Waals surface area (Å²) < 4.78 is 4.63. The maximum absolute atomic E-state index is 11.9. The SMILES string of the molecule is COC(=O)[C@@H](NC(=O)c1cc(Cl)ccn1)C(C)C. The van der Waals surface area contributed by atoms with Crippen molar-refractivity contribution in [3.8, 4) is 0 Å². The number of hydrogen-bond donors (Lipinski definition) is 1. The first-order valence-electron chi connectivity index (χ1n) is 5.46. The Morgan fingerprint density at radius 2 is 2.11 bits per heavy atom. The van der Waals surface area contributed by atoms with Gasteiger partial charge in [-0.05, 0) is 18.1 Å². The van der Waals surface area contributed by atoms with Crippen LogP contribution in [0, 0.1) is 5.92 Å². The number of halogens is 1. The van der Waals surface area contributed by atoms with E-state index < -0.39 is 17.9 Å². The van der Waals surface area contributed by atoms with E-state index in [2.05, 4.69) is 15.0 Å². The third kappa shape index (κ3) is 3.70. The first kappa shape index (κ1) is 14.4. The average Bonchev–Trinajstić information content (AvgIpc) is 2.34. The van der Waals surface area contributed by atoms with Crippen LogP contribution >= 0.6 is 11.6 Å². The monoisotopic (exact) mass is 270 g/mol. The molecule has 1 aromatic rings. The van der Waals surface area contributed by atoms with E-state index in [0.29, 0.717) is 5.02 Å². The quantitative estimate of drug-likeness (QED) is 0.845. The maximum atomic E-state index is 11.9. The van der Waals surface area contributed by atoms with Gasteiger partial charge in [0.15, 0.2) is 0 Å². The van der Waals surface area contributed by atoms with Gasteiger partial charge in [-0.15, -0.1) is 0 Å². The third-order valence-corrected chi connectivity index (χ3v) is 2.60. The standard InChI is InChI=1S/C12H15ClN2O3/c1-7(2)10(12(17)18-3)15-11(16)9-6-8(13)4-5-14-9/h4-7,10H,1-3H3,(H,15,16)/t10-/m0/s1. The van der Waals surface area contributed by atoms with Crippen molar-refractivity contribution < 1.29 is 14.3 Å². The summed E-state index contributed by atoms with van der Waals surface area (Å²) in [6.45, 7) is 3.63. The number of nitrogens with zero attached hydrogens (tertiary/aromatic N) is 1. The van der Waals surface area contributed by atoms with E-state index in [1.54, 1.807) is 6.07 Å². The van der Waals surface area contributed by atoms with Crippen LogP contribution in [0.1, 0.15) is 24.3 Å². The lowest BCUT2D eigenvalue weighted by molar-refractivity contribution is -0.144. The molecule has 0 spiro atoms. The Hall–Kier alpha value is -1.62. The van der Waals surface area contributed by atoms with Crippen LogP contribution in [0.4, 0.5) is 0 Å². The number of amides is 1. The minimum Gasteiger partial charge on any atom is -0.467 e. The number of esters is 1. The van der Waals surface area contributed by atoms with Crippen LogP contribution in [0.5, 0.6) is 0 Å². The van der Waals surface area contributed by atoms with Gasteiger partial charge >= 0.3 is 5.97 Å². The molecule has 1 rings (SSSR count). The van der Waals surface area contributed by atoms with Crippen molar-refractivity contribution in [3.05, 3.63) is 29.0 Å². The van der Waals surface area contributed by atoms with Gasteiger partial charge in [0.2, 0.25) is 0 Å². The van der Waals surface area contributed by atoms with Gasteiger partial charge in [0.05, 0.1) is 7.11 Å². The summed E-state index contributed by atoms with van der Waals surface area (Å²) >= 11 is 5.77. The summed E-state index contributed by atoms with van der Waals surface area (Å²) in [7, 11) is 1.28. The zero-order valence-electron chi connectivity index (χ0n) is 10.4. The van der Waals surface area contributed by atoms with E-state index in [0.717, 1.165) is 0 Å². The summed E-state index contributed by atoms with van der Waals surface area (Å²) in [5, 5.41) is 2.99. The number of ether oxygens (including phenoxy) is 1. The summed E-state index contributed by atoms with van der Waals surface area (Å²) in [4.78, 5) is 27.3. The molecule has 0 aliphatic rings. The van der Waals surface area contributed by atoms with E-state index in [1.165, 1.54) is 19.4 Å². The number of carbonyl (C=O) groups is 2. The molecule has 0 bridgehead atoms. The molecule has 1 N–H and O–H groups in total. The lowest BCUT2D eigenvalue weighted by Crippen LogP contribution is -2.45. The van der Waals surface area contributed by atoms with E-state index in [4.69, 9.17) is 11.6 Å². The van der Waals surface area contributed by atoms with E-state index in [-0.39, 0.29) is 11.6 Å². The van der Waals surface area contributed by atoms with E-state index >= 15 is 0 Å². The van der Waals surface area contributed by atoms with Crippen molar-refractivity contribution in [1.82, 2.24) is 10.3 Å². The minimum absolute atomic E-state index is 0.0828. The van der Waals surface area contributed by atoms with E-state index in [9.17, 15) is 9.59 Å². The molecule has 0 saturated carbocycles.